The molecule has 0 aromatic rings. The Morgan fingerprint density at radius 3 is 2.76 bits per heavy atom. The first-order chi connectivity index (χ1) is 10.3. The average Bonchev–Trinajstić information content (AvgIpc) is 2.55. The lowest BCUT2D eigenvalue weighted by Gasteiger charge is -2.30. The van der Waals surface area contributed by atoms with Crippen molar-refractivity contribution in [1.82, 2.24) is 10.6 Å². The van der Waals surface area contributed by atoms with Crippen molar-refractivity contribution in [2.45, 2.75) is 56.2 Å². The summed E-state index contributed by atoms with van der Waals surface area (Å²) in [6.45, 7) is 2.90. The van der Waals surface area contributed by atoms with Crippen molar-refractivity contribution in [3.05, 3.63) is 0 Å². The quantitative estimate of drug-likeness (QED) is 0.605. The Bertz CT molecular complexity index is 319. The monoisotopic (exact) mass is 313 g/mol. The largest absolute Gasteiger partial charge is 0.381 e. The van der Waals surface area contributed by atoms with Gasteiger partial charge in [0.25, 0.3) is 0 Å². The Labute approximate surface area is 133 Å². The molecule has 1 saturated carbocycles. The van der Waals surface area contributed by atoms with Crippen LogP contribution in [0.4, 0.5) is 0 Å². The summed E-state index contributed by atoms with van der Waals surface area (Å²) >= 11 is 2.01. The molecule has 0 aromatic carbocycles. The highest BCUT2D eigenvalue weighted by atomic mass is 32.2. The molecule has 1 aliphatic carbocycles. The zero-order chi connectivity index (χ0) is 14.9. The first-order valence-corrected chi connectivity index (χ1v) is 9.68. The predicted octanol–water partition coefficient (Wildman–Crippen LogP) is 2.64. The molecule has 0 radical (unpaired) electrons. The molecule has 0 amide bonds. The fraction of sp³-hybridized carbons (Fsp3) is 0.938. The maximum atomic E-state index is 5.41. The van der Waals surface area contributed by atoms with E-state index in [1.54, 1.807) is 0 Å². The van der Waals surface area contributed by atoms with Crippen molar-refractivity contribution in [3.8, 4) is 0 Å². The molecule has 1 heterocycles. The summed E-state index contributed by atoms with van der Waals surface area (Å²) in [4.78, 5) is 4.38. The zero-order valence-electron chi connectivity index (χ0n) is 13.6. The van der Waals surface area contributed by atoms with Crippen LogP contribution in [0.2, 0.25) is 0 Å². The molecule has 21 heavy (non-hydrogen) atoms. The molecule has 0 bridgehead atoms. The van der Waals surface area contributed by atoms with Crippen LogP contribution in [0.5, 0.6) is 0 Å². The van der Waals surface area contributed by atoms with Crippen LogP contribution in [0.15, 0.2) is 4.99 Å². The van der Waals surface area contributed by atoms with Crippen LogP contribution >= 0.6 is 11.8 Å². The van der Waals surface area contributed by atoms with E-state index < -0.39 is 0 Å². The Morgan fingerprint density at radius 2 is 2.05 bits per heavy atom. The number of hydrogen-bond donors (Lipinski definition) is 2. The molecule has 2 unspecified atom stereocenters. The van der Waals surface area contributed by atoms with Gasteiger partial charge in [0, 0.05) is 38.1 Å². The second kappa shape index (κ2) is 9.57. The molecule has 0 aromatic heterocycles. The number of rotatable bonds is 5. The van der Waals surface area contributed by atoms with Crippen molar-refractivity contribution in [2.75, 3.05) is 33.1 Å². The van der Waals surface area contributed by atoms with Crippen molar-refractivity contribution in [2.24, 2.45) is 10.9 Å². The molecule has 2 atom stereocenters. The van der Waals surface area contributed by atoms with E-state index in [2.05, 4.69) is 21.9 Å². The van der Waals surface area contributed by atoms with Crippen molar-refractivity contribution in [3.63, 3.8) is 0 Å². The number of nitrogens with zero attached hydrogens (tertiary/aromatic N) is 1. The summed E-state index contributed by atoms with van der Waals surface area (Å²) in [6, 6.07) is 0.588. The van der Waals surface area contributed by atoms with Crippen LogP contribution < -0.4 is 10.6 Å². The summed E-state index contributed by atoms with van der Waals surface area (Å²) in [6.07, 6.45) is 11.1. The van der Waals surface area contributed by atoms with Crippen molar-refractivity contribution < 1.29 is 4.74 Å². The van der Waals surface area contributed by atoms with E-state index in [9.17, 15) is 0 Å². The van der Waals surface area contributed by atoms with Crippen molar-refractivity contribution in [1.29, 1.82) is 0 Å². The van der Waals surface area contributed by atoms with Gasteiger partial charge < -0.3 is 15.4 Å². The van der Waals surface area contributed by atoms with Crippen LogP contribution in [0.1, 0.15) is 44.9 Å². The Kier molecular flexibility index (Phi) is 7.72. The van der Waals surface area contributed by atoms with E-state index in [1.165, 1.54) is 44.9 Å². The normalized spacial score (nSPS) is 28.4. The number of guanidine groups is 1. The fourth-order valence-corrected chi connectivity index (χ4v) is 4.14. The van der Waals surface area contributed by atoms with Crippen molar-refractivity contribution >= 4 is 17.7 Å². The highest BCUT2D eigenvalue weighted by molar-refractivity contribution is 7.99. The molecule has 2 N–H and O–H groups in total. The second-order valence-electron chi connectivity index (χ2n) is 6.21. The number of nitrogens with one attached hydrogen (secondary N) is 2. The number of ether oxygens (including phenoxy) is 1. The highest BCUT2D eigenvalue weighted by Crippen LogP contribution is 2.26. The second-order valence-corrected chi connectivity index (χ2v) is 7.35. The van der Waals surface area contributed by atoms with E-state index in [0.717, 1.165) is 36.9 Å². The maximum absolute atomic E-state index is 5.41. The maximum Gasteiger partial charge on any atom is 0.191 e. The third-order valence-corrected chi connectivity index (χ3v) is 5.80. The minimum atomic E-state index is 0.588. The first-order valence-electron chi connectivity index (χ1n) is 8.39. The number of hydrogen-bond acceptors (Lipinski definition) is 3. The lowest BCUT2D eigenvalue weighted by atomic mass is 9.95. The van der Waals surface area contributed by atoms with Gasteiger partial charge in [-0.2, -0.15) is 11.8 Å². The minimum absolute atomic E-state index is 0.588. The minimum Gasteiger partial charge on any atom is -0.381 e. The summed E-state index contributed by atoms with van der Waals surface area (Å²) < 4.78 is 5.41. The van der Waals surface area contributed by atoms with Crippen LogP contribution in [-0.4, -0.2) is 50.3 Å². The molecule has 2 rings (SSSR count). The van der Waals surface area contributed by atoms with Crippen LogP contribution in [0.25, 0.3) is 0 Å². The molecular weight excluding hydrogens is 282 g/mol. The van der Waals surface area contributed by atoms with Gasteiger partial charge in [-0.25, -0.2) is 0 Å². The topological polar surface area (TPSA) is 45.7 Å². The molecule has 2 fully saturated rings. The number of aliphatic imine (C=N–C) groups is 1. The van der Waals surface area contributed by atoms with Gasteiger partial charge >= 0.3 is 0 Å². The van der Waals surface area contributed by atoms with Crippen LogP contribution in [0, 0.1) is 5.92 Å². The van der Waals surface area contributed by atoms with E-state index >= 15 is 0 Å². The third kappa shape index (κ3) is 6.07. The smallest absolute Gasteiger partial charge is 0.191 e. The van der Waals surface area contributed by atoms with Gasteiger partial charge in [-0.1, -0.05) is 6.42 Å². The predicted molar refractivity (Wildman–Crippen MR) is 92.2 cm³/mol. The molecule has 1 aliphatic heterocycles. The third-order valence-electron chi connectivity index (χ3n) is 4.71. The van der Waals surface area contributed by atoms with Crippen LogP contribution in [0.3, 0.4) is 0 Å². The van der Waals surface area contributed by atoms with E-state index in [0.29, 0.717) is 6.04 Å². The lowest BCUT2D eigenvalue weighted by molar-refractivity contribution is 0.0643. The van der Waals surface area contributed by atoms with Gasteiger partial charge in [0.1, 0.15) is 0 Å². The lowest BCUT2D eigenvalue weighted by Crippen LogP contribution is -2.46. The molecule has 4 nitrogen and oxygen atoms in total. The summed E-state index contributed by atoms with van der Waals surface area (Å²) in [5.74, 6) is 1.80. The molecule has 1 saturated heterocycles. The van der Waals surface area contributed by atoms with Gasteiger partial charge in [-0.3, -0.25) is 4.99 Å². The van der Waals surface area contributed by atoms with E-state index in [1.807, 2.05) is 18.8 Å². The Hall–Kier alpha value is -0.420. The van der Waals surface area contributed by atoms with Gasteiger partial charge in [0.05, 0.1) is 0 Å². The van der Waals surface area contributed by atoms with Crippen LogP contribution in [-0.2, 0) is 4.74 Å². The number of thioether (sulfide) groups is 1. The van der Waals surface area contributed by atoms with Gasteiger partial charge in [0.2, 0.25) is 0 Å². The highest BCUT2D eigenvalue weighted by Gasteiger charge is 2.22. The molecule has 5 heteroatoms. The summed E-state index contributed by atoms with van der Waals surface area (Å²) in [7, 11) is 1.87. The average molecular weight is 314 g/mol. The standard InChI is InChI=1S/C16H31N3OS/c1-17-16(18-9-6-13-7-10-20-11-8-13)19-14-4-3-5-15(12-14)21-2/h13-15H,3-12H2,1-2H3,(H2,17,18,19). The fourth-order valence-electron chi connectivity index (χ4n) is 3.31. The van der Waals surface area contributed by atoms with Gasteiger partial charge in [0.15, 0.2) is 5.96 Å². The van der Waals surface area contributed by atoms with Gasteiger partial charge in [-0.05, 0) is 50.7 Å². The summed E-state index contributed by atoms with van der Waals surface area (Å²) in [5.41, 5.74) is 0. The summed E-state index contributed by atoms with van der Waals surface area (Å²) in [5, 5.41) is 7.91. The first kappa shape index (κ1) is 16.9. The van der Waals surface area contributed by atoms with E-state index in [4.69, 9.17) is 4.74 Å². The molecule has 122 valence electrons. The Balaban J connectivity index is 1.65. The van der Waals surface area contributed by atoms with Gasteiger partial charge in [-0.15, -0.1) is 0 Å². The molecular formula is C16H31N3OS. The molecule has 0 spiro atoms. The SMILES string of the molecule is CN=C(NCCC1CCOCC1)NC1CCCC(SC)C1. The zero-order valence-corrected chi connectivity index (χ0v) is 14.4. The van der Waals surface area contributed by atoms with E-state index in [-0.39, 0.29) is 0 Å². The molecule has 2 aliphatic rings. The Morgan fingerprint density at radius 1 is 1.24 bits per heavy atom.